The van der Waals surface area contributed by atoms with Gasteiger partial charge in [0.2, 0.25) is 0 Å². The van der Waals surface area contributed by atoms with Crippen LogP contribution in [0.3, 0.4) is 0 Å². The lowest BCUT2D eigenvalue weighted by atomic mass is 10.1. The Bertz CT molecular complexity index is 416. The van der Waals surface area contributed by atoms with Crippen LogP contribution >= 0.6 is 0 Å². The Morgan fingerprint density at radius 2 is 2.41 bits per heavy atom. The van der Waals surface area contributed by atoms with Gasteiger partial charge in [-0.25, -0.2) is 9.18 Å². The molecule has 1 unspecified atom stereocenters. The molecule has 1 aliphatic rings. The number of nitrogen functional groups attached to an aromatic ring is 1. The summed E-state index contributed by atoms with van der Waals surface area (Å²) < 4.78 is 23.1. The van der Waals surface area contributed by atoms with Gasteiger partial charge < -0.3 is 15.2 Å². The summed E-state index contributed by atoms with van der Waals surface area (Å²) in [7, 11) is 0. The molecular weight excluding hydrogens is 225 g/mol. The van der Waals surface area contributed by atoms with Gasteiger partial charge in [-0.05, 0) is 24.6 Å². The summed E-state index contributed by atoms with van der Waals surface area (Å²) in [5.74, 6) is -0.738. The predicted molar refractivity (Wildman–Crippen MR) is 60.0 cm³/mol. The number of benzene rings is 1. The van der Waals surface area contributed by atoms with Crippen molar-refractivity contribution in [3.63, 3.8) is 0 Å². The first-order chi connectivity index (χ1) is 8.16. The van der Waals surface area contributed by atoms with Gasteiger partial charge >= 0.3 is 5.97 Å². The Hall–Kier alpha value is -1.62. The van der Waals surface area contributed by atoms with E-state index >= 15 is 0 Å². The van der Waals surface area contributed by atoms with E-state index in [1.807, 2.05) is 0 Å². The normalized spacial score (nSPS) is 19.2. The second-order valence-corrected chi connectivity index (χ2v) is 4.06. The zero-order chi connectivity index (χ0) is 12.3. The number of esters is 1. The zero-order valence-electron chi connectivity index (χ0n) is 9.32. The first-order valence-corrected chi connectivity index (χ1v) is 5.46. The monoisotopic (exact) mass is 239 g/mol. The van der Waals surface area contributed by atoms with Gasteiger partial charge in [-0.2, -0.15) is 0 Å². The maximum absolute atomic E-state index is 12.8. The van der Waals surface area contributed by atoms with Gasteiger partial charge in [0, 0.05) is 18.2 Å². The van der Waals surface area contributed by atoms with Gasteiger partial charge in [-0.1, -0.05) is 0 Å². The molecule has 0 aromatic heterocycles. The van der Waals surface area contributed by atoms with Crippen molar-refractivity contribution >= 4 is 11.7 Å². The molecule has 2 N–H and O–H groups in total. The lowest BCUT2D eigenvalue weighted by molar-refractivity contribution is 0.0429. The number of hydrogen-bond donors (Lipinski definition) is 1. The Kier molecular flexibility index (Phi) is 3.58. The van der Waals surface area contributed by atoms with E-state index in [0.717, 1.165) is 12.5 Å². The molecule has 1 saturated heterocycles. The van der Waals surface area contributed by atoms with E-state index in [1.54, 1.807) is 0 Å². The standard InChI is InChI=1S/C12H14FNO3/c13-9-1-2-10(11(14)5-9)12(15)17-7-8-3-4-16-6-8/h1-2,5,8H,3-4,6-7,14H2. The van der Waals surface area contributed by atoms with Gasteiger partial charge in [0.1, 0.15) is 5.82 Å². The predicted octanol–water partition coefficient (Wildman–Crippen LogP) is 1.60. The Labute approximate surface area is 98.5 Å². The number of carbonyl (C=O) groups excluding carboxylic acids is 1. The molecule has 0 aliphatic carbocycles. The van der Waals surface area contributed by atoms with E-state index in [1.165, 1.54) is 12.1 Å². The highest BCUT2D eigenvalue weighted by Crippen LogP contribution is 2.17. The Morgan fingerprint density at radius 1 is 1.59 bits per heavy atom. The summed E-state index contributed by atoms with van der Waals surface area (Å²) in [4.78, 5) is 11.7. The molecule has 92 valence electrons. The van der Waals surface area contributed by atoms with Crippen LogP contribution in [0.4, 0.5) is 10.1 Å². The summed E-state index contributed by atoms with van der Waals surface area (Å²) in [6.07, 6.45) is 0.895. The van der Waals surface area contributed by atoms with Crippen molar-refractivity contribution in [2.45, 2.75) is 6.42 Å². The smallest absolute Gasteiger partial charge is 0.340 e. The molecule has 0 bridgehead atoms. The number of nitrogens with two attached hydrogens (primary N) is 1. The topological polar surface area (TPSA) is 61.6 Å². The molecule has 1 aromatic rings. The first kappa shape index (κ1) is 11.9. The molecule has 1 fully saturated rings. The van der Waals surface area contributed by atoms with Gasteiger partial charge in [0.05, 0.1) is 18.8 Å². The number of halogens is 1. The van der Waals surface area contributed by atoms with E-state index in [9.17, 15) is 9.18 Å². The quantitative estimate of drug-likeness (QED) is 0.643. The van der Waals surface area contributed by atoms with Crippen molar-refractivity contribution in [3.05, 3.63) is 29.6 Å². The second-order valence-electron chi connectivity index (χ2n) is 4.06. The van der Waals surface area contributed by atoms with Crippen molar-refractivity contribution in [1.29, 1.82) is 0 Å². The van der Waals surface area contributed by atoms with Gasteiger partial charge in [-0.3, -0.25) is 0 Å². The highest BCUT2D eigenvalue weighted by Gasteiger charge is 2.19. The van der Waals surface area contributed by atoms with Crippen molar-refractivity contribution in [3.8, 4) is 0 Å². The number of hydrogen-bond acceptors (Lipinski definition) is 4. The van der Waals surface area contributed by atoms with Crippen LogP contribution in [0, 0.1) is 11.7 Å². The Balaban J connectivity index is 1.94. The average molecular weight is 239 g/mol. The van der Waals surface area contributed by atoms with Gasteiger partial charge in [0.25, 0.3) is 0 Å². The zero-order valence-corrected chi connectivity index (χ0v) is 9.32. The lowest BCUT2D eigenvalue weighted by Crippen LogP contribution is -2.15. The number of anilines is 1. The molecule has 0 spiro atoms. The number of ether oxygens (including phenoxy) is 2. The van der Waals surface area contributed by atoms with Crippen molar-refractivity contribution in [1.82, 2.24) is 0 Å². The van der Waals surface area contributed by atoms with E-state index in [-0.39, 0.29) is 17.2 Å². The SMILES string of the molecule is Nc1cc(F)ccc1C(=O)OCC1CCOC1. The Morgan fingerprint density at radius 3 is 3.06 bits per heavy atom. The highest BCUT2D eigenvalue weighted by molar-refractivity contribution is 5.94. The lowest BCUT2D eigenvalue weighted by Gasteiger charge is -2.10. The molecule has 5 heteroatoms. The maximum Gasteiger partial charge on any atom is 0.340 e. The minimum Gasteiger partial charge on any atom is -0.462 e. The summed E-state index contributed by atoms with van der Waals surface area (Å²) in [5, 5.41) is 0. The van der Waals surface area contributed by atoms with Crippen LogP contribution in [0.5, 0.6) is 0 Å². The maximum atomic E-state index is 12.8. The largest absolute Gasteiger partial charge is 0.462 e. The summed E-state index contributed by atoms with van der Waals surface area (Å²) in [5.41, 5.74) is 5.83. The molecular formula is C12H14FNO3. The summed E-state index contributed by atoms with van der Waals surface area (Å²) in [6, 6.07) is 3.62. The van der Waals surface area contributed by atoms with Crippen LogP contribution in [0.1, 0.15) is 16.8 Å². The molecule has 17 heavy (non-hydrogen) atoms. The third-order valence-electron chi connectivity index (χ3n) is 2.71. The summed E-state index contributed by atoms with van der Waals surface area (Å²) in [6.45, 7) is 1.64. The molecule has 1 heterocycles. The van der Waals surface area contributed by atoms with Crippen LogP contribution in [-0.2, 0) is 9.47 Å². The van der Waals surface area contributed by atoms with Crippen LogP contribution in [-0.4, -0.2) is 25.8 Å². The van der Waals surface area contributed by atoms with E-state index in [4.69, 9.17) is 15.2 Å². The molecule has 4 nitrogen and oxygen atoms in total. The fourth-order valence-corrected chi connectivity index (χ4v) is 1.71. The highest BCUT2D eigenvalue weighted by atomic mass is 19.1. The fraction of sp³-hybridized carbons (Fsp3) is 0.417. The average Bonchev–Trinajstić information content (AvgIpc) is 2.78. The molecule has 0 amide bonds. The number of carbonyl (C=O) groups is 1. The minimum absolute atomic E-state index is 0.0951. The van der Waals surface area contributed by atoms with Crippen LogP contribution in [0.25, 0.3) is 0 Å². The number of rotatable bonds is 3. The minimum atomic E-state index is -0.519. The van der Waals surface area contributed by atoms with E-state index in [2.05, 4.69) is 0 Å². The van der Waals surface area contributed by atoms with Crippen LogP contribution < -0.4 is 5.73 Å². The van der Waals surface area contributed by atoms with Crippen molar-refractivity contribution < 1.29 is 18.7 Å². The summed E-state index contributed by atoms with van der Waals surface area (Å²) >= 11 is 0. The molecule has 1 aliphatic heterocycles. The van der Waals surface area contributed by atoms with E-state index in [0.29, 0.717) is 19.8 Å². The van der Waals surface area contributed by atoms with Crippen LogP contribution in [0.2, 0.25) is 0 Å². The molecule has 1 atom stereocenters. The van der Waals surface area contributed by atoms with Gasteiger partial charge in [-0.15, -0.1) is 0 Å². The second kappa shape index (κ2) is 5.14. The van der Waals surface area contributed by atoms with Crippen molar-refractivity contribution in [2.75, 3.05) is 25.6 Å². The van der Waals surface area contributed by atoms with E-state index < -0.39 is 11.8 Å². The molecule has 0 radical (unpaired) electrons. The fourth-order valence-electron chi connectivity index (χ4n) is 1.71. The van der Waals surface area contributed by atoms with Crippen LogP contribution in [0.15, 0.2) is 18.2 Å². The third-order valence-corrected chi connectivity index (χ3v) is 2.71. The molecule has 2 rings (SSSR count). The van der Waals surface area contributed by atoms with Crippen molar-refractivity contribution in [2.24, 2.45) is 5.92 Å². The first-order valence-electron chi connectivity index (χ1n) is 5.46. The molecule has 1 aromatic carbocycles. The third kappa shape index (κ3) is 2.94. The van der Waals surface area contributed by atoms with Gasteiger partial charge in [0.15, 0.2) is 0 Å². The molecule has 0 saturated carbocycles.